The van der Waals surface area contributed by atoms with E-state index in [1.807, 2.05) is 0 Å². The standard InChI is InChI=1S/C9H14FN3O/c10-7-2-1-3-8(7)12-4-6-5-13-9(11)14-6/h5,7-8,12H,1-4H2,(H2,11,13)/t7-,8+/m0/s1. The quantitative estimate of drug-likeness (QED) is 0.768. The maximum absolute atomic E-state index is 13.2. The lowest BCUT2D eigenvalue weighted by atomic mass is 10.2. The molecule has 78 valence electrons. The maximum atomic E-state index is 13.2. The molecule has 0 saturated heterocycles. The molecule has 4 nitrogen and oxygen atoms in total. The van der Waals surface area contributed by atoms with Crippen molar-refractivity contribution < 1.29 is 8.81 Å². The molecule has 1 aromatic heterocycles. The number of hydrogen-bond acceptors (Lipinski definition) is 4. The van der Waals surface area contributed by atoms with Crippen molar-refractivity contribution in [2.75, 3.05) is 5.73 Å². The van der Waals surface area contributed by atoms with Crippen LogP contribution >= 0.6 is 0 Å². The van der Waals surface area contributed by atoms with Gasteiger partial charge in [-0.3, -0.25) is 0 Å². The largest absolute Gasteiger partial charge is 0.428 e. The lowest BCUT2D eigenvalue weighted by Gasteiger charge is -2.12. The van der Waals surface area contributed by atoms with Crippen LogP contribution in [0.2, 0.25) is 0 Å². The van der Waals surface area contributed by atoms with Crippen LogP contribution in [0, 0.1) is 0 Å². The Morgan fingerprint density at radius 1 is 1.64 bits per heavy atom. The van der Waals surface area contributed by atoms with E-state index < -0.39 is 6.17 Å². The van der Waals surface area contributed by atoms with Crippen LogP contribution in [0.3, 0.4) is 0 Å². The Morgan fingerprint density at radius 3 is 3.07 bits per heavy atom. The summed E-state index contributed by atoms with van der Waals surface area (Å²) in [5.74, 6) is 0.654. The van der Waals surface area contributed by atoms with Crippen LogP contribution in [0.5, 0.6) is 0 Å². The number of anilines is 1. The Kier molecular flexibility index (Phi) is 2.67. The minimum absolute atomic E-state index is 0.0404. The molecule has 1 aliphatic rings. The third-order valence-corrected chi connectivity index (χ3v) is 2.54. The number of nitrogens with zero attached hydrogens (tertiary/aromatic N) is 1. The molecule has 5 heteroatoms. The highest BCUT2D eigenvalue weighted by atomic mass is 19.1. The van der Waals surface area contributed by atoms with Gasteiger partial charge in [-0.25, -0.2) is 9.37 Å². The molecule has 0 amide bonds. The van der Waals surface area contributed by atoms with Crippen LogP contribution in [-0.2, 0) is 6.54 Å². The SMILES string of the molecule is Nc1ncc(CN[C@@H]2CCC[C@@H]2F)o1. The summed E-state index contributed by atoms with van der Waals surface area (Å²) in [6, 6.07) is 0.117. The third-order valence-electron chi connectivity index (χ3n) is 2.54. The number of nitrogens with two attached hydrogens (primary N) is 1. The second kappa shape index (κ2) is 3.96. The summed E-state index contributed by atoms with van der Waals surface area (Å²) >= 11 is 0. The van der Waals surface area contributed by atoms with Crippen LogP contribution in [0.4, 0.5) is 10.4 Å². The van der Waals surface area contributed by atoms with E-state index >= 15 is 0 Å². The average molecular weight is 199 g/mol. The predicted molar refractivity (Wildman–Crippen MR) is 50.3 cm³/mol. The van der Waals surface area contributed by atoms with Gasteiger partial charge in [0.1, 0.15) is 11.9 Å². The fourth-order valence-corrected chi connectivity index (χ4v) is 1.78. The zero-order valence-electron chi connectivity index (χ0n) is 7.87. The van der Waals surface area contributed by atoms with Gasteiger partial charge < -0.3 is 15.5 Å². The highest BCUT2D eigenvalue weighted by Gasteiger charge is 2.26. The van der Waals surface area contributed by atoms with Crippen molar-refractivity contribution in [3.63, 3.8) is 0 Å². The molecule has 0 radical (unpaired) electrons. The number of rotatable bonds is 3. The first-order valence-electron chi connectivity index (χ1n) is 4.83. The van der Waals surface area contributed by atoms with Crippen LogP contribution in [0.25, 0.3) is 0 Å². The monoisotopic (exact) mass is 199 g/mol. The molecule has 0 spiro atoms. The number of alkyl halides is 1. The van der Waals surface area contributed by atoms with Gasteiger partial charge in [-0.15, -0.1) is 0 Å². The fraction of sp³-hybridized carbons (Fsp3) is 0.667. The van der Waals surface area contributed by atoms with Gasteiger partial charge in [0.25, 0.3) is 6.01 Å². The molecule has 14 heavy (non-hydrogen) atoms. The summed E-state index contributed by atoms with van der Waals surface area (Å²) in [6.07, 6.45) is 3.35. The molecule has 2 atom stereocenters. The second-order valence-electron chi connectivity index (χ2n) is 3.60. The molecule has 3 N–H and O–H groups in total. The first-order valence-corrected chi connectivity index (χ1v) is 4.83. The molecule has 1 saturated carbocycles. The number of hydrogen-bond donors (Lipinski definition) is 2. The normalized spacial score (nSPS) is 26.9. The number of halogens is 1. The summed E-state index contributed by atoms with van der Waals surface area (Å²) in [7, 11) is 0. The number of nitrogens with one attached hydrogen (secondary N) is 1. The van der Waals surface area contributed by atoms with Gasteiger partial charge in [-0.05, 0) is 19.3 Å². The molecule has 1 aliphatic carbocycles. The summed E-state index contributed by atoms with van der Waals surface area (Å²) in [5.41, 5.74) is 5.31. The van der Waals surface area contributed by atoms with Gasteiger partial charge in [0, 0.05) is 6.04 Å². The molecule has 0 aromatic carbocycles. The van der Waals surface area contributed by atoms with E-state index in [2.05, 4.69) is 10.3 Å². The van der Waals surface area contributed by atoms with Crippen molar-refractivity contribution in [1.29, 1.82) is 0 Å². The molecule has 0 unspecified atom stereocenters. The lowest BCUT2D eigenvalue weighted by molar-refractivity contribution is 0.275. The molecule has 1 fully saturated rings. The first-order chi connectivity index (χ1) is 6.75. The Labute approximate surface area is 81.7 Å². The fourth-order valence-electron chi connectivity index (χ4n) is 1.78. The molecule has 1 aromatic rings. The van der Waals surface area contributed by atoms with Crippen molar-refractivity contribution in [2.24, 2.45) is 0 Å². The van der Waals surface area contributed by atoms with Crippen molar-refractivity contribution in [2.45, 2.75) is 38.0 Å². The van der Waals surface area contributed by atoms with E-state index in [1.165, 1.54) is 0 Å². The maximum Gasteiger partial charge on any atom is 0.292 e. The molecular weight excluding hydrogens is 185 g/mol. The van der Waals surface area contributed by atoms with E-state index in [9.17, 15) is 4.39 Å². The van der Waals surface area contributed by atoms with Crippen molar-refractivity contribution >= 4 is 6.01 Å². The molecular formula is C9H14FN3O. The van der Waals surface area contributed by atoms with E-state index in [1.54, 1.807) is 6.20 Å². The number of nitrogen functional groups attached to an aromatic ring is 1. The van der Waals surface area contributed by atoms with Gasteiger partial charge in [0.2, 0.25) is 0 Å². The van der Waals surface area contributed by atoms with E-state index in [0.717, 1.165) is 12.8 Å². The highest BCUT2D eigenvalue weighted by Crippen LogP contribution is 2.22. The van der Waals surface area contributed by atoms with Gasteiger partial charge >= 0.3 is 0 Å². The van der Waals surface area contributed by atoms with Gasteiger partial charge in [0.05, 0.1) is 12.7 Å². The molecule has 0 aliphatic heterocycles. The van der Waals surface area contributed by atoms with Crippen LogP contribution in [0.1, 0.15) is 25.0 Å². The molecule has 1 heterocycles. The van der Waals surface area contributed by atoms with E-state index in [4.69, 9.17) is 10.2 Å². The zero-order valence-corrected chi connectivity index (χ0v) is 7.87. The first kappa shape index (κ1) is 9.45. The average Bonchev–Trinajstić information content (AvgIpc) is 2.72. The van der Waals surface area contributed by atoms with Crippen LogP contribution in [0.15, 0.2) is 10.6 Å². The lowest BCUT2D eigenvalue weighted by Crippen LogP contribution is -2.32. The summed E-state index contributed by atoms with van der Waals surface area (Å²) < 4.78 is 18.2. The topological polar surface area (TPSA) is 64.1 Å². The van der Waals surface area contributed by atoms with Gasteiger partial charge in [0.15, 0.2) is 0 Å². The van der Waals surface area contributed by atoms with Crippen molar-refractivity contribution in [3.8, 4) is 0 Å². The summed E-state index contributed by atoms with van der Waals surface area (Å²) in [5, 5.41) is 3.10. The van der Waals surface area contributed by atoms with E-state index in [0.29, 0.717) is 18.7 Å². The third kappa shape index (κ3) is 2.04. The van der Waals surface area contributed by atoms with Gasteiger partial charge in [-0.2, -0.15) is 0 Å². The zero-order chi connectivity index (χ0) is 9.97. The Hall–Kier alpha value is -1.10. The molecule has 0 bridgehead atoms. The van der Waals surface area contributed by atoms with Gasteiger partial charge in [-0.1, -0.05) is 0 Å². The Bertz CT molecular complexity index is 302. The minimum Gasteiger partial charge on any atom is -0.428 e. The van der Waals surface area contributed by atoms with Crippen molar-refractivity contribution in [1.82, 2.24) is 10.3 Å². The number of aromatic nitrogens is 1. The van der Waals surface area contributed by atoms with Crippen molar-refractivity contribution in [3.05, 3.63) is 12.0 Å². The minimum atomic E-state index is -0.727. The Balaban J connectivity index is 1.82. The highest BCUT2D eigenvalue weighted by molar-refractivity contribution is 5.10. The predicted octanol–water partition coefficient (Wildman–Crippen LogP) is 1.24. The van der Waals surface area contributed by atoms with E-state index in [-0.39, 0.29) is 12.1 Å². The second-order valence-corrected chi connectivity index (χ2v) is 3.60. The van der Waals surface area contributed by atoms with Crippen LogP contribution in [-0.4, -0.2) is 17.2 Å². The molecule has 2 rings (SSSR count). The van der Waals surface area contributed by atoms with Crippen LogP contribution < -0.4 is 11.1 Å². The number of oxazole rings is 1. The summed E-state index contributed by atoms with van der Waals surface area (Å²) in [4.78, 5) is 3.76. The summed E-state index contributed by atoms with van der Waals surface area (Å²) in [6.45, 7) is 0.495. The Morgan fingerprint density at radius 2 is 2.50 bits per heavy atom. The smallest absolute Gasteiger partial charge is 0.292 e.